The van der Waals surface area contributed by atoms with Crippen molar-refractivity contribution in [3.8, 4) is 11.4 Å². The van der Waals surface area contributed by atoms with E-state index in [1.54, 1.807) is 0 Å². The predicted molar refractivity (Wildman–Crippen MR) is 164 cm³/mol. The quantitative estimate of drug-likeness (QED) is 0.230. The molecule has 0 saturated heterocycles. The number of benzene rings is 4. The van der Waals surface area contributed by atoms with Gasteiger partial charge in [0.15, 0.2) is 0 Å². The van der Waals surface area contributed by atoms with Crippen molar-refractivity contribution in [3.05, 3.63) is 122 Å². The number of fused-ring (bicyclic) bond motifs is 9. The lowest BCUT2D eigenvalue weighted by Gasteiger charge is -2.07. The number of pyridine rings is 2. The summed E-state index contributed by atoms with van der Waals surface area (Å²) in [7, 11) is 0. The molecule has 182 valence electrons. The van der Waals surface area contributed by atoms with Crippen LogP contribution in [0.1, 0.15) is 0 Å². The van der Waals surface area contributed by atoms with Crippen molar-refractivity contribution < 1.29 is 0 Å². The van der Waals surface area contributed by atoms with E-state index in [9.17, 15) is 0 Å². The number of aromatic nitrogens is 4. The van der Waals surface area contributed by atoms with Gasteiger partial charge in [-0.1, -0.05) is 48.5 Å². The van der Waals surface area contributed by atoms with Gasteiger partial charge in [-0.15, -0.1) is 11.3 Å². The van der Waals surface area contributed by atoms with E-state index >= 15 is 0 Å². The fourth-order valence-corrected chi connectivity index (χ4v) is 7.32. The molecule has 0 spiro atoms. The highest BCUT2D eigenvalue weighted by Gasteiger charge is 2.16. The molecule has 5 heteroatoms. The summed E-state index contributed by atoms with van der Waals surface area (Å²) in [4.78, 5) is 9.53. The van der Waals surface area contributed by atoms with Crippen LogP contribution in [0.5, 0.6) is 0 Å². The van der Waals surface area contributed by atoms with Crippen LogP contribution in [0.25, 0.3) is 75.4 Å². The van der Waals surface area contributed by atoms with Crippen molar-refractivity contribution in [2.45, 2.75) is 0 Å². The van der Waals surface area contributed by atoms with Gasteiger partial charge in [-0.05, 0) is 60.7 Å². The molecule has 0 bridgehead atoms. The van der Waals surface area contributed by atoms with Crippen LogP contribution in [0, 0.1) is 0 Å². The normalized spacial score (nSPS) is 12.1. The van der Waals surface area contributed by atoms with Gasteiger partial charge in [0.2, 0.25) is 0 Å². The molecule has 0 aliphatic rings. The van der Waals surface area contributed by atoms with Crippen LogP contribution in [0.4, 0.5) is 0 Å². The van der Waals surface area contributed by atoms with Crippen molar-refractivity contribution in [1.82, 2.24) is 19.1 Å². The zero-order chi connectivity index (χ0) is 25.5. The number of thiophene rings is 1. The van der Waals surface area contributed by atoms with Gasteiger partial charge in [-0.3, -0.25) is 9.13 Å². The third-order valence-electron chi connectivity index (χ3n) is 7.82. The van der Waals surface area contributed by atoms with E-state index in [-0.39, 0.29) is 0 Å². The third-order valence-corrected chi connectivity index (χ3v) is 8.94. The molecule has 0 aliphatic carbocycles. The topological polar surface area (TPSA) is 35.6 Å². The molecular weight excluding hydrogens is 496 g/mol. The number of hydrogen-bond acceptors (Lipinski definition) is 3. The Morgan fingerprint density at radius 2 is 0.897 bits per heavy atom. The molecule has 0 amide bonds. The fraction of sp³-hybridized carbons (Fsp3) is 0. The van der Waals surface area contributed by atoms with Gasteiger partial charge >= 0.3 is 0 Å². The Morgan fingerprint density at radius 1 is 0.436 bits per heavy atom. The molecular formula is C34H20N4S. The minimum Gasteiger partial charge on any atom is -0.294 e. The first-order valence-corrected chi connectivity index (χ1v) is 13.8. The number of nitrogens with zero attached hydrogens (tertiary/aromatic N) is 4. The Kier molecular flexibility index (Phi) is 4.18. The third kappa shape index (κ3) is 2.88. The second-order valence-corrected chi connectivity index (χ2v) is 11.0. The molecule has 39 heavy (non-hydrogen) atoms. The summed E-state index contributed by atoms with van der Waals surface area (Å²) in [5.41, 5.74) is 6.58. The van der Waals surface area contributed by atoms with Crippen molar-refractivity contribution in [2.75, 3.05) is 0 Å². The zero-order valence-electron chi connectivity index (χ0n) is 20.7. The maximum absolute atomic E-state index is 4.77. The van der Waals surface area contributed by atoms with Crippen molar-refractivity contribution in [3.63, 3.8) is 0 Å². The second-order valence-electron chi connectivity index (χ2n) is 9.92. The van der Waals surface area contributed by atoms with Crippen LogP contribution in [-0.4, -0.2) is 19.1 Å². The van der Waals surface area contributed by atoms with E-state index in [0.29, 0.717) is 0 Å². The van der Waals surface area contributed by atoms with Gasteiger partial charge < -0.3 is 0 Å². The summed E-state index contributed by atoms with van der Waals surface area (Å²) in [5, 5.41) is 7.35. The standard InChI is InChI=1S/C34H20N4S/c1-3-11-29-23(7-1)27-9-5-17-35-33(27)37(29)21-13-15-25-26-16-14-22(20-32(26)39-31(25)19-21)38-30-12-4-2-8-24(30)28-10-6-18-36-34(28)38/h1-20H. The highest BCUT2D eigenvalue weighted by atomic mass is 32.1. The lowest BCUT2D eigenvalue weighted by atomic mass is 10.1. The van der Waals surface area contributed by atoms with Gasteiger partial charge in [0.1, 0.15) is 11.3 Å². The highest BCUT2D eigenvalue weighted by Crippen LogP contribution is 2.39. The monoisotopic (exact) mass is 516 g/mol. The predicted octanol–water partition coefficient (Wildman–Crippen LogP) is 9.04. The van der Waals surface area contributed by atoms with Crippen LogP contribution < -0.4 is 0 Å². The van der Waals surface area contributed by atoms with Crippen molar-refractivity contribution in [2.24, 2.45) is 0 Å². The Bertz CT molecular complexity index is 2130. The van der Waals surface area contributed by atoms with E-state index in [0.717, 1.165) is 22.7 Å². The Balaban J connectivity index is 1.27. The van der Waals surface area contributed by atoms with E-state index in [4.69, 9.17) is 9.97 Å². The molecule has 5 aromatic heterocycles. The average Bonchev–Trinajstić information content (AvgIpc) is 3.64. The van der Waals surface area contributed by atoms with Crippen LogP contribution in [0.3, 0.4) is 0 Å². The van der Waals surface area contributed by atoms with Crippen molar-refractivity contribution >= 4 is 75.4 Å². The summed E-state index contributed by atoms with van der Waals surface area (Å²) in [6.45, 7) is 0. The largest absolute Gasteiger partial charge is 0.294 e. The summed E-state index contributed by atoms with van der Waals surface area (Å²) >= 11 is 1.84. The van der Waals surface area contributed by atoms with E-state index < -0.39 is 0 Å². The van der Waals surface area contributed by atoms with Gasteiger partial charge in [0, 0.05) is 65.5 Å². The molecule has 0 fully saturated rings. The first kappa shape index (κ1) is 21.0. The highest BCUT2D eigenvalue weighted by molar-refractivity contribution is 7.25. The van der Waals surface area contributed by atoms with Crippen LogP contribution >= 0.6 is 11.3 Å². The molecule has 0 N–H and O–H groups in total. The van der Waals surface area contributed by atoms with E-state index in [1.165, 1.54) is 52.8 Å². The first-order valence-electron chi connectivity index (χ1n) is 13.0. The Labute approximate surface area is 227 Å². The van der Waals surface area contributed by atoms with Crippen molar-refractivity contribution in [1.29, 1.82) is 0 Å². The Hall–Kier alpha value is -5.00. The first-order chi connectivity index (χ1) is 19.3. The number of para-hydroxylation sites is 2. The Morgan fingerprint density at radius 3 is 1.41 bits per heavy atom. The summed E-state index contributed by atoms with van der Waals surface area (Å²) < 4.78 is 7.09. The molecule has 9 aromatic rings. The van der Waals surface area contributed by atoms with Gasteiger partial charge in [-0.2, -0.15) is 0 Å². The van der Waals surface area contributed by atoms with Crippen LogP contribution in [-0.2, 0) is 0 Å². The van der Waals surface area contributed by atoms with Gasteiger partial charge in [-0.25, -0.2) is 9.97 Å². The average molecular weight is 517 g/mol. The minimum absolute atomic E-state index is 0.986. The SMILES string of the molecule is c1ccc2c(c1)c1cccnc1n2-c1ccc2c(c1)sc1cc(-n3c4ccccc4c4cccnc43)ccc12. The lowest BCUT2D eigenvalue weighted by molar-refractivity contribution is 1.14. The molecule has 0 saturated carbocycles. The summed E-state index contributed by atoms with van der Waals surface area (Å²) in [6, 6.07) is 39.0. The summed E-state index contributed by atoms with van der Waals surface area (Å²) in [6.07, 6.45) is 3.75. The number of hydrogen-bond donors (Lipinski definition) is 0. The summed E-state index contributed by atoms with van der Waals surface area (Å²) in [5.74, 6) is 0. The second kappa shape index (κ2) is 7.76. The molecule has 0 unspecified atom stereocenters. The van der Waals surface area contributed by atoms with Crippen LogP contribution in [0.15, 0.2) is 122 Å². The minimum atomic E-state index is 0.986. The fourth-order valence-electron chi connectivity index (χ4n) is 6.15. The van der Waals surface area contributed by atoms with E-state index in [1.807, 2.05) is 35.9 Å². The molecule has 0 radical (unpaired) electrons. The molecule has 4 aromatic carbocycles. The zero-order valence-corrected chi connectivity index (χ0v) is 21.6. The van der Waals surface area contributed by atoms with Crippen LogP contribution in [0.2, 0.25) is 0 Å². The molecule has 0 atom stereocenters. The molecule has 0 aliphatic heterocycles. The maximum atomic E-state index is 4.77. The van der Waals surface area contributed by atoms with Gasteiger partial charge in [0.05, 0.1) is 11.0 Å². The molecule has 9 rings (SSSR count). The number of rotatable bonds is 2. The maximum Gasteiger partial charge on any atom is 0.145 e. The van der Waals surface area contributed by atoms with E-state index in [2.05, 4.69) is 106 Å². The lowest BCUT2D eigenvalue weighted by Crippen LogP contribution is -1.94. The smallest absolute Gasteiger partial charge is 0.145 e. The van der Waals surface area contributed by atoms with Gasteiger partial charge in [0.25, 0.3) is 0 Å². The molecule has 5 heterocycles. The molecule has 4 nitrogen and oxygen atoms in total.